The van der Waals surface area contributed by atoms with Crippen molar-refractivity contribution in [3.05, 3.63) is 66.4 Å². The second kappa shape index (κ2) is 7.34. The topological polar surface area (TPSA) is 75.5 Å². The van der Waals surface area contributed by atoms with Crippen molar-refractivity contribution >= 4 is 28.0 Å². The highest BCUT2D eigenvalue weighted by molar-refractivity contribution is 5.91. The lowest BCUT2D eigenvalue weighted by atomic mass is 9.88. The van der Waals surface area contributed by atoms with E-state index in [1.165, 1.54) is 0 Å². The van der Waals surface area contributed by atoms with Crippen LogP contribution in [-0.4, -0.2) is 42.8 Å². The van der Waals surface area contributed by atoms with Crippen LogP contribution < -0.4 is 4.90 Å². The summed E-state index contributed by atoms with van der Waals surface area (Å²) < 4.78 is 16.7. The zero-order valence-electron chi connectivity index (χ0n) is 19.7. The maximum Gasteiger partial charge on any atom is 0.202 e. The van der Waals surface area contributed by atoms with E-state index in [2.05, 4.69) is 33.1 Å². The molecule has 0 spiro atoms. The van der Waals surface area contributed by atoms with Gasteiger partial charge >= 0.3 is 0 Å². The fourth-order valence-electron chi connectivity index (χ4n) is 6.56. The molecule has 0 amide bonds. The number of H-pyrrole nitrogens is 1. The van der Waals surface area contributed by atoms with Gasteiger partial charge in [-0.1, -0.05) is 31.2 Å². The Morgan fingerprint density at radius 3 is 2.89 bits per heavy atom. The van der Waals surface area contributed by atoms with Crippen LogP contribution in [0.4, 0.5) is 10.2 Å². The van der Waals surface area contributed by atoms with Gasteiger partial charge in [0.2, 0.25) is 5.65 Å². The summed E-state index contributed by atoms with van der Waals surface area (Å²) in [5.74, 6) is 1.71. The summed E-state index contributed by atoms with van der Waals surface area (Å²) >= 11 is 0. The van der Waals surface area contributed by atoms with E-state index >= 15 is 0 Å². The molecule has 7 rings (SSSR count). The van der Waals surface area contributed by atoms with Crippen molar-refractivity contribution in [3.63, 3.8) is 0 Å². The summed E-state index contributed by atoms with van der Waals surface area (Å²) in [5, 5.41) is 7.62. The summed E-state index contributed by atoms with van der Waals surface area (Å²) in [6.07, 6.45) is 5.64. The summed E-state index contributed by atoms with van der Waals surface area (Å²) in [7, 11) is 1.98. The van der Waals surface area contributed by atoms with E-state index in [1.54, 1.807) is 12.1 Å². The molecule has 0 radical (unpaired) electrons. The molecule has 2 aliphatic rings. The van der Waals surface area contributed by atoms with Crippen LogP contribution in [0.25, 0.3) is 33.5 Å². The molecule has 1 saturated carbocycles. The number of nitrogens with zero attached hydrogens (tertiary/aromatic N) is 6. The number of fused-ring (bicyclic) bond motifs is 3. The first-order valence-electron chi connectivity index (χ1n) is 12.2. The number of rotatable bonds is 4. The summed E-state index contributed by atoms with van der Waals surface area (Å²) in [4.78, 5) is 16.3. The zero-order chi connectivity index (χ0) is 23.7. The molecule has 0 bridgehead atoms. The second-order valence-electron chi connectivity index (χ2n) is 9.88. The molecule has 7 nitrogen and oxygen atoms in total. The number of anilines is 1. The molecular weight excluding hydrogens is 441 g/mol. The minimum absolute atomic E-state index is 0.0679. The summed E-state index contributed by atoms with van der Waals surface area (Å²) in [6, 6.07) is 13.4. The Morgan fingerprint density at radius 1 is 1.14 bits per heavy atom. The Kier molecular flexibility index (Phi) is 4.31. The predicted molar refractivity (Wildman–Crippen MR) is 134 cm³/mol. The van der Waals surface area contributed by atoms with Gasteiger partial charge < -0.3 is 9.47 Å². The van der Waals surface area contributed by atoms with Crippen LogP contribution >= 0.6 is 0 Å². The van der Waals surface area contributed by atoms with E-state index in [0.717, 1.165) is 65.1 Å². The molecule has 3 atom stereocenters. The molecule has 8 heteroatoms. The number of halogens is 1. The molecule has 2 fully saturated rings. The average Bonchev–Trinajstić information content (AvgIpc) is 3.13. The molecule has 5 aromatic rings. The van der Waals surface area contributed by atoms with Gasteiger partial charge in [-0.15, -0.1) is 0 Å². The van der Waals surface area contributed by atoms with Crippen molar-refractivity contribution in [3.8, 4) is 11.3 Å². The zero-order valence-corrected chi connectivity index (χ0v) is 19.7. The molecule has 1 aliphatic heterocycles. The number of aryl methyl sites for hydroxylation is 1. The summed E-state index contributed by atoms with van der Waals surface area (Å²) in [5.41, 5.74) is 6.04. The van der Waals surface area contributed by atoms with Crippen LogP contribution in [0.3, 0.4) is 0 Å². The molecule has 0 unspecified atom stereocenters. The lowest BCUT2D eigenvalue weighted by Gasteiger charge is -2.26. The van der Waals surface area contributed by atoms with Gasteiger partial charge in [-0.2, -0.15) is 5.10 Å². The number of aromatic amines is 1. The molecule has 176 valence electrons. The van der Waals surface area contributed by atoms with Gasteiger partial charge in [-0.05, 0) is 48.4 Å². The lowest BCUT2D eigenvalue weighted by Crippen LogP contribution is -2.32. The van der Waals surface area contributed by atoms with Crippen molar-refractivity contribution in [2.75, 3.05) is 18.0 Å². The molecular formula is C27H26FN7. The molecule has 3 aromatic heterocycles. The first-order valence-corrected chi connectivity index (χ1v) is 12.2. The van der Waals surface area contributed by atoms with Crippen LogP contribution in [0.1, 0.15) is 25.3 Å². The number of hydrogen-bond donors (Lipinski definition) is 1. The van der Waals surface area contributed by atoms with Crippen LogP contribution in [0.2, 0.25) is 0 Å². The Balaban J connectivity index is 1.19. The highest BCUT2D eigenvalue weighted by atomic mass is 19.1. The molecule has 1 saturated heterocycles. The fourth-order valence-corrected chi connectivity index (χ4v) is 6.56. The van der Waals surface area contributed by atoms with Gasteiger partial charge in [0.1, 0.15) is 17.2 Å². The standard InChI is InChI=1S/C27H26FN7/c1-3-27(18-6-4-5-7-20(18)28)17-10-11-35(14-19(17)27)23-13-29-25-24(32-33-26(25)31-23)16-8-9-21-22(12-16)34(2)15-30-21/h4-9,12-13,15,17,19H,3,10-11,14H2,1-2H3,(H,31,32,33)/t17-,19+,27-/m1/s1. The first-order chi connectivity index (χ1) is 17.1. The summed E-state index contributed by atoms with van der Waals surface area (Å²) in [6.45, 7) is 3.95. The van der Waals surface area contributed by atoms with E-state index in [-0.39, 0.29) is 11.2 Å². The number of aromatic nitrogens is 6. The van der Waals surface area contributed by atoms with E-state index in [9.17, 15) is 4.39 Å². The maximum absolute atomic E-state index is 14.7. The van der Waals surface area contributed by atoms with Gasteiger partial charge in [0.05, 0.1) is 29.3 Å². The van der Waals surface area contributed by atoms with Crippen LogP contribution in [0.15, 0.2) is 55.0 Å². The fraction of sp³-hybridized carbons (Fsp3) is 0.333. The van der Waals surface area contributed by atoms with Crippen molar-refractivity contribution in [1.82, 2.24) is 29.7 Å². The Bertz CT molecular complexity index is 1590. The Morgan fingerprint density at radius 2 is 2.03 bits per heavy atom. The smallest absolute Gasteiger partial charge is 0.202 e. The van der Waals surface area contributed by atoms with E-state index in [0.29, 0.717) is 17.5 Å². The van der Waals surface area contributed by atoms with Crippen molar-refractivity contribution in [2.45, 2.75) is 25.2 Å². The number of hydrogen-bond acceptors (Lipinski definition) is 5. The predicted octanol–water partition coefficient (Wildman–Crippen LogP) is 4.85. The van der Waals surface area contributed by atoms with Gasteiger partial charge in [0.25, 0.3) is 0 Å². The minimum Gasteiger partial charge on any atom is -0.355 e. The third kappa shape index (κ3) is 2.89. The van der Waals surface area contributed by atoms with Gasteiger partial charge in [-0.25, -0.2) is 19.3 Å². The van der Waals surface area contributed by atoms with Gasteiger partial charge in [0, 0.05) is 31.1 Å². The Hall–Kier alpha value is -3.81. The van der Waals surface area contributed by atoms with E-state index < -0.39 is 0 Å². The van der Waals surface area contributed by atoms with Crippen molar-refractivity contribution in [2.24, 2.45) is 18.9 Å². The third-order valence-electron chi connectivity index (χ3n) is 8.38. The van der Waals surface area contributed by atoms with E-state index in [1.807, 2.05) is 48.4 Å². The number of benzene rings is 2. The third-order valence-corrected chi connectivity index (χ3v) is 8.38. The van der Waals surface area contributed by atoms with Gasteiger partial charge in [0.15, 0.2) is 0 Å². The monoisotopic (exact) mass is 467 g/mol. The van der Waals surface area contributed by atoms with Crippen molar-refractivity contribution < 1.29 is 4.39 Å². The molecule has 1 N–H and O–H groups in total. The number of imidazole rings is 1. The largest absolute Gasteiger partial charge is 0.355 e. The molecule has 2 aromatic carbocycles. The molecule has 4 heterocycles. The Labute approximate surface area is 202 Å². The molecule has 1 aliphatic carbocycles. The lowest BCUT2D eigenvalue weighted by molar-refractivity contribution is 0.516. The average molecular weight is 468 g/mol. The number of piperidine rings is 1. The SMILES string of the molecule is CC[C@]1(c2ccccc2F)[C@@H]2CCN(c3cnc4c(-c5ccc6ncn(C)c6c5)[nH]nc4n3)C[C@@H]21. The van der Waals surface area contributed by atoms with Crippen LogP contribution in [-0.2, 0) is 12.5 Å². The normalized spacial score (nSPS) is 23.7. The second-order valence-corrected chi connectivity index (χ2v) is 9.88. The van der Waals surface area contributed by atoms with Crippen LogP contribution in [0.5, 0.6) is 0 Å². The quantitative estimate of drug-likeness (QED) is 0.409. The van der Waals surface area contributed by atoms with Crippen LogP contribution in [0, 0.1) is 17.7 Å². The highest BCUT2D eigenvalue weighted by Crippen LogP contribution is 2.65. The minimum atomic E-state index is -0.0788. The van der Waals surface area contributed by atoms with E-state index in [4.69, 9.17) is 9.97 Å². The molecule has 35 heavy (non-hydrogen) atoms. The first kappa shape index (κ1) is 20.6. The number of nitrogens with one attached hydrogen (secondary N) is 1. The van der Waals surface area contributed by atoms with Crippen molar-refractivity contribution in [1.29, 1.82) is 0 Å². The highest BCUT2D eigenvalue weighted by Gasteiger charge is 2.65. The van der Waals surface area contributed by atoms with Gasteiger partial charge in [-0.3, -0.25) is 5.10 Å². The maximum atomic E-state index is 14.7.